The number of fused-ring (bicyclic) bond motifs is 5. The fraction of sp³-hybridized carbons (Fsp3) is 0.735. The average Bonchev–Trinajstić information content (AvgIpc) is 3.16. The first-order chi connectivity index (χ1) is 18.0. The van der Waals surface area contributed by atoms with Gasteiger partial charge in [-0.1, -0.05) is 47.6 Å². The highest BCUT2D eigenvalue weighted by atomic mass is 16.5. The lowest BCUT2D eigenvalue weighted by Gasteiger charge is -2.63. The molecule has 0 heterocycles. The standard InChI is InChI=1S/C34H50O4/c1-20(2)26-15-17-34(6)27-18-21(3)32-22(4)29(12-10-25(32)24(27)14-16-33(26,34)5)38-31(36)13-9-23-8-11-28(35)30(19-23)37-7/h8-9,11,13,19-22,24-27,29,32,35H,10,12,14-18H2,1-7H3/b13-9+. The first kappa shape index (κ1) is 27.6. The zero-order chi connectivity index (χ0) is 27.4. The number of phenols is 1. The van der Waals surface area contributed by atoms with Gasteiger partial charge in [0.25, 0.3) is 0 Å². The minimum absolute atomic E-state index is 0.0111. The van der Waals surface area contributed by atoms with Crippen molar-refractivity contribution >= 4 is 12.0 Å². The Kier molecular flexibility index (Phi) is 7.41. The Bertz CT molecular complexity index is 1060. The zero-order valence-corrected chi connectivity index (χ0v) is 24.7. The summed E-state index contributed by atoms with van der Waals surface area (Å²) in [4.78, 5) is 12.8. The number of carbonyl (C=O) groups is 1. The van der Waals surface area contributed by atoms with E-state index in [0.29, 0.717) is 34.3 Å². The summed E-state index contributed by atoms with van der Waals surface area (Å²) >= 11 is 0. The third kappa shape index (κ3) is 4.38. The zero-order valence-electron chi connectivity index (χ0n) is 24.7. The minimum atomic E-state index is -0.277. The third-order valence-corrected chi connectivity index (χ3v) is 12.4. The molecule has 4 heteroatoms. The maximum Gasteiger partial charge on any atom is 0.331 e. The van der Waals surface area contributed by atoms with Gasteiger partial charge in [-0.25, -0.2) is 4.79 Å². The summed E-state index contributed by atoms with van der Waals surface area (Å²) in [6.45, 7) is 15.1. The van der Waals surface area contributed by atoms with Gasteiger partial charge in [-0.3, -0.25) is 0 Å². The minimum Gasteiger partial charge on any atom is -0.504 e. The number of phenolic OH excluding ortho intramolecular Hbond substituents is 1. The summed E-state index contributed by atoms with van der Waals surface area (Å²) in [5.74, 6) is 6.02. The molecule has 0 spiro atoms. The van der Waals surface area contributed by atoms with Crippen LogP contribution in [0.5, 0.6) is 11.5 Å². The molecule has 0 bridgehead atoms. The van der Waals surface area contributed by atoms with Crippen molar-refractivity contribution in [2.75, 3.05) is 7.11 Å². The molecule has 5 rings (SSSR count). The average molecular weight is 523 g/mol. The van der Waals surface area contributed by atoms with E-state index >= 15 is 0 Å². The summed E-state index contributed by atoms with van der Waals surface area (Å²) in [6.07, 6.45) is 12.4. The molecule has 10 atom stereocenters. The molecule has 1 N–H and O–H groups in total. The largest absolute Gasteiger partial charge is 0.504 e. The molecule has 38 heavy (non-hydrogen) atoms. The Morgan fingerprint density at radius 1 is 1.05 bits per heavy atom. The van der Waals surface area contributed by atoms with E-state index in [-0.39, 0.29) is 17.8 Å². The van der Waals surface area contributed by atoms with Crippen molar-refractivity contribution < 1.29 is 19.4 Å². The van der Waals surface area contributed by atoms with E-state index in [0.717, 1.165) is 41.6 Å². The Morgan fingerprint density at radius 3 is 2.50 bits per heavy atom. The smallest absolute Gasteiger partial charge is 0.331 e. The van der Waals surface area contributed by atoms with Crippen LogP contribution in [0.1, 0.15) is 92.1 Å². The number of benzene rings is 1. The number of aromatic hydroxyl groups is 1. The van der Waals surface area contributed by atoms with E-state index < -0.39 is 0 Å². The van der Waals surface area contributed by atoms with Crippen LogP contribution in [0.3, 0.4) is 0 Å². The number of esters is 1. The summed E-state index contributed by atoms with van der Waals surface area (Å²) in [5.41, 5.74) is 1.75. The molecular formula is C34H50O4. The summed E-state index contributed by atoms with van der Waals surface area (Å²) in [5, 5.41) is 9.81. The van der Waals surface area contributed by atoms with E-state index in [1.807, 2.05) is 0 Å². The first-order valence-corrected chi connectivity index (χ1v) is 15.3. The SMILES string of the molecule is COc1cc(/C=C/C(=O)OC2CCC3C4CCC5(C)C(C(C)C)CCC5(C)C4CC(C)C3C2C)ccc1O. The Morgan fingerprint density at radius 2 is 1.79 bits per heavy atom. The van der Waals surface area contributed by atoms with Gasteiger partial charge in [-0.15, -0.1) is 0 Å². The van der Waals surface area contributed by atoms with Crippen molar-refractivity contribution in [3.8, 4) is 11.5 Å². The normalized spacial score (nSPS) is 42.4. The van der Waals surface area contributed by atoms with Crippen molar-refractivity contribution in [3.63, 3.8) is 0 Å². The van der Waals surface area contributed by atoms with Crippen LogP contribution in [0.15, 0.2) is 24.3 Å². The second-order valence-electron chi connectivity index (χ2n) is 14.2. The summed E-state index contributed by atoms with van der Waals surface area (Å²) in [7, 11) is 1.52. The number of hydrogen-bond donors (Lipinski definition) is 1. The van der Waals surface area contributed by atoms with Crippen LogP contribution in [0.25, 0.3) is 6.08 Å². The molecule has 4 nitrogen and oxygen atoms in total. The molecule has 0 saturated heterocycles. The number of methoxy groups -OCH3 is 1. The molecule has 0 amide bonds. The Balaban J connectivity index is 1.27. The van der Waals surface area contributed by atoms with Crippen molar-refractivity contribution in [3.05, 3.63) is 29.8 Å². The maximum atomic E-state index is 12.8. The van der Waals surface area contributed by atoms with Crippen LogP contribution in [-0.2, 0) is 9.53 Å². The highest BCUT2D eigenvalue weighted by Gasteiger charge is 2.64. The molecule has 4 fully saturated rings. The highest BCUT2D eigenvalue weighted by Crippen LogP contribution is 2.72. The van der Waals surface area contributed by atoms with Crippen molar-refractivity contribution in [2.45, 2.75) is 92.6 Å². The van der Waals surface area contributed by atoms with Crippen molar-refractivity contribution in [2.24, 2.45) is 58.2 Å². The third-order valence-electron chi connectivity index (χ3n) is 12.4. The van der Waals surface area contributed by atoms with Gasteiger partial charge in [-0.2, -0.15) is 0 Å². The first-order valence-electron chi connectivity index (χ1n) is 15.3. The van der Waals surface area contributed by atoms with Crippen LogP contribution in [0, 0.1) is 58.2 Å². The molecule has 210 valence electrons. The second-order valence-corrected chi connectivity index (χ2v) is 14.2. The van der Waals surface area contributed by atoms with Crippen molar-refractivity contribution in [1.82, 2.24) is 0 Å². The summed E-state index contributed by atoms with van der Waals surface area (Å²) < 4.78 is 11.3. The van der Waals surface area contributed by atoms with Gasteiger partial charge in [0.1, 0.15) is 6.10 Å². The fourth-order valence-electron chi connectivity index (χ4n) is 10.5. The molecule has 0 aliphatic heterocycles. The molecule has 0 aromatic heterocycles. The van der Waals surface area contributed by atoms with E-state index in [4.69, 9.17) is 9.47 Å². The Hall–Kier alpha value is -1.97. The molecule has 1 aromatic carbocycles. The number of hydrogen-bond acceptors (Lipinski definition) is 4. The van der Waals surface area contributed by atoms with Gasteiger partial charge < -0.3 is 14.6 Å². The van der Waals surface area contributed by atoms with Gasteiger partial charge in [0.2, 0.25) is 0 Å². The van der Waals surface area contributed by atoms with Crippen LogP contribution < -0.4 is 4.74 Å². The van der Waals surface area contributed by atoms with Crippen LogP contribution >= 0.6 is 0 Å². The molecule has 4 aliphatic rings. The van der Waals surface area contributed by atoms with E-state index in [2.05, 4.69) is 41.5 Å². The van der Waals surface area contributed by atoms with Gasteiger partial charge >= 0.3 is 5.97 Å². The van der Waals surface area contributed by atoms with Gasteiger partial charge in [0, 0.05) is 6.08 Å². The molecular weight excluding hydrogens is 472 g/mol. The van der Waals surface area contributed by atoms with E-state index in [1.165, 1.54) is 51.7 Å². The molecule has 10 unspecified atom stereocenters. The quantitative estimate of drug-likeness (QED) is 0.313. The lowest BCUT2D eigenvalue weighted by molar-refractivity contribution is -0.171. The molecule has 4 saturated carbocycles. The van der Waals surface area contributed by atoms with Gasteiger partial charge in [0.05, 0.1) is 7.11 Å². The monoisotopic (exact) mass is 522 g/mol. The summed E-state index contributed by atoms with van der Waals surface area (Å²) in [6, 6.07) is 5.06. The molecule has 0 radical (unpaired) electrons. The second kappa shape index (κ2) is 10.2. The fourth-order valence-corrected chi connectivity index (χ4v) is 10.5. The lowest BCUT2D eigenvalue weighted by Crippen LogP contribution is -2.57. The van der Waals surface area contributed by atoms with Gasteiger partial charge in [-0.05, 0) is 127 Å². The molecule has 1 aromatic rings. The van der Waals surface area contributed by atoms with Crippen LogP contribution in [0.2, 0.25) is 0 Å². The lowest BCUT2D eigenvalue weighted by atomic mass is 9.42. The van der Waals surface area contributed by atoms with Crippen molar-refractivity contribution in [1.29, 1.82) is 0 Å². The van der Waals surface area contributed by atoms with Gasteiger partial charge in [0.15, 0.2) is 11.5 Å². The van der Waals surface area contributed by atoms with Crippen LogP contribution in [-0.4, -0.2) is 24.3 Å². The highest BCUT2D eigenvalue weighted by molar-refractivity contribution is 5.87. The number of ether oxygens (including phenoxy) is 2. The van der Waals surface area contributed by atoms with E-state index in [9.17, 15) is 9.90 Å². The van der Waals surface area contributed by atoms with E-state index in [1.54, 1.807) is 24.3 Å². The number of carbonyl (C=O) groups excluding carboxylic acids is 1. The maximum absolute atomic E-state index is 12.8. The number of rotatable bonds is 5. The Labute approximate surface area is 230 Å². The topological polar surface area (TPSA) is 55.8 Å². The predicted molar refractivity (Wildman–Crippen MR) is 153 cm³/mol. The predicted octanol–water partition coefficient (Wildman–Crippen LogP) is 8.13. The van der Waals surface area contributed by atoms with Crippen LogP contribution in [0.4, 0.5) is 0 Å². The molecule has 4 aliphatic carbocycles.